The summed E-state index contributed by atoms with van der Waals surface area (Å²) in [5.74, 6) is -0.313. The van der Waals surface area contributed by atoms with Gasteiger partial charge in [0.2, 0.25) is 5.91 Å². The Bertz CT molecular complexity index is 437. The monoisotopic (exact) mass is 271 g/mol. The van der Waals surface area contributed by atoms with E-state index < -0.39 is 0 Å². The highest BCUT2D eigenvalue weighted by atomic mass is 35.5. The molecule has 0 spiro atoms. The van der Waals surface area contributed by atoms with Crippen LogP contribution in [0.2, 0.25) is 5.02 Å². The van der Waals surface area contributed by atoms with Gasteiger partial charge < -0.3 is 16.8 Å². The van der Waals surface area contributed by atoms with Gasteiger partial charge in [-0.15, -0.1) is 0 Å². The standard InChI is InChI=1S/C11H14ClN3OS/c12-7-3-1-4-8(10(7)11(14)17)15-6-2-5-9(13)16/h1,3-4,15H,2,5-6H2,(H2,13,16)(H2,14,17). The minimum absolute atomic E-state index is 0.244. The number of carbonyl (C=O) groups is 1. The van der Waals surface area contributed by atoms with Crippen LogP contribution < -0.4 is 16.8 Å². The topological polar surface area (TPSA) is 81.1 Å². The van der Waals surface area contributed by atoms with Crippen molar-refractivity contribution in [3.05, 3.63) is 28.8 Å². The number of nitrogens with two attached hydrogens (primary N) is 2. The van der Waals surface area contributed by atoms with Crippen molar-refractivity contribution in [2.24, 2.45) is 11.5 Å². The fourth-order valence-electron chi connectivity index (χ4n) is 1.41. The van der Waals surface area contributed by atoms with E-state index in [9.17, 15) is 4.79 Å². The number of carbonyl (C=O) groups excluding carboxylic acids is 1. The molecule has 0 aliphatic rings. The summed E-state index contributed by atoms with van der Waals surface area (Å²) in [6.07, 6.45) is 0.995. The molecular weight excluding hydrogens is 258 g/mol. The van der Waals surface area contributed by atoms with Crippen LogP contribution in [-0.2, 0) is 4.79 Å². The van der Waals surface area contributed by atoms with E-state index in [0.29, 0.717) is 30.0 Å². The molecule has 0 radical (unpaired) electrons. The van der Waals surface area contributed by atoms with E-state index in [2.05, 4.69) is 5.32 Å². The Balaban J connectivity index is 2.67. The highest BCUT2D eigenvalue weighted by molar-refractivity contribution is 7.80. The fourth-order valence-corrected chi connectivity index (χ4v) is 1.96. The van der Waals surface area contributed by atoms with E-state index in [-0.39, 0.29) is 10.9 Å². The smallest absolute Gasteiger partial charge is 0.217 e. The van der Waals surface area contributed by atoms with Crippen LogP contribution in [0.15, 0.2) is 18.2 Å². The number of hydrogen-bond acceptors (Lipinski definition) is 3. The predicted octanol–water partition coefficient (Wildman–Crippen LogP) is 1.65. The molecule has 1 aromatic rings. The zero-order chi connectivity index (χ0) is 12.8. The molecule has 1 aromatic carbocycles. The summed E-state index contributed by atoms with van der Waals surface area (Å²) in [5, 5.41) is 3.64. The number of nitrogens with one attached hydrogen (secondary N) is 1. The largest absolute Gasteiger partial charge is 0.389 e. The zero-order valence-electron chi connectivity index (χ0n) is 9.20. The second kappa shape index (κ2) is 6.42. The first kappa shape index (κ1) is 13.7. The van der Waals surface area contributed by atoms with Gasteiger partial charge in [-0.05, 0) is 18.6 Å². The maximum atomic E-state index is 10.6. The lowest BCUT2D eigenvalue weighted by molar-refractivity contribution is -0.118. The van der Waals surface area contributed by atoms with Crippen LogP contribution >= 0.6 is 23.8 Å². The van der Waals surface area contributed by atoms with Gasteiger partial charge >= 0.3 is 0 Å². The van der Waals surface area contributed by atoms with Crippen molar-refractivity contribution in [2.45, 2.75) is 12.8 Å². The SMILES string of the molecule is NC(=O)CCCNc1cccc(Cl)c1C(N)=S. The number of rotatable bonds is 6. The molecule has 5 N–H and O–H groups in total. The molecule has 0 aliphatic carbocycles. The molecule has 0 aliphatic heterocycles. The van der Waals surface area contributed by atoms with Crippen molar-refractivity contribution in [1.82, 2.24) is 0 Å². The minimum Gasteiger partial charge on any atom is -0.389 e. The molecule has 6 heteroatoms. The highest BCUT2D eigenvalue weighted by Crippen LogP contribution is 2.24. The van der Waals surface area contributed by atoms with Gasteiger partial charge in [-0.1, -0.05) is 29.9 Å². The molecule has 0 saturated carbocycles. The van der Waals surface area contributed by atoms with E-state index in [4.69, 9.17) is 35.3 Å². The predicted molar refractivity (Wildman–Crippen MR) is 74.3 cm³/mol. The Labute approximate surface area is 110 Å². The van der Waals surface area contributed by atoms with Crippen molar-refractivity contribution in [3.8, 4) is 0 Å². The van der Waals surface area contributed by atoms with Gasteiger partial charge in [0.1, 0.15) is 4.99 Å². The maximum Gasteiger partial charge on any atom is 0.217 e. The minimum atomic E-state index is -0.313. The van der Waals surface area contributed by atoms with Gasteiger partial charge in [-0.2, -0.15) is 0 Å². The van der Waals surface area contributed by atoms with Crippen molar-refractivity contribution in [1.29, 1.82) is 0 Å². The molecule has 4 nitrogen and oxygen atoms in total. The van der Waals surface area contributed by atoms with Crippen molar-refractivity contribution in [2.75, 3.05) is 11.9 Å². The lowest BCUT2D eigenvalue weighted by Gasteiger charge is -2.12. The number of hydrogen-bond donors (Lipinski definition) is 3. The summed E-state index contributed by atoms with van der Waals surface area (Å²) < 4.78 is 0. The van der Waals surface area contributed by atoms with Crippen molar-refractivity contribution in [3.63, 3.8) is 0 Å². The summed E-state index contributed by atoms with van der Waals surface area (Å²) in [6, 6.07) is 5.37. The van der Waals surface area contributed by atoms with Crippen LogP contribution in [0.4, 0.5) is 5.69 Å². The first-order valence-electron chi connectivity index (χ1n) is 5.13. The first-order valence-corrected chi connectivity index (χ1v) is 5.91. The highest BCUT2D eigenvalue weighted by Gasteiger charge is 2.08. The molecule has 92 valence electrons. The van der Waals surface area contributed by atoms with E-state index >= 15 is 0 Å². The van der Waals surface area contributed by atoms with E-state index in [1.165, 1.54) is 0 Å². The number of amides is 1. The fraction of sp³-hybridized carbons (Fsp3) is 0.273. The molecule has 0 aromatic heterocycles. The molecule has 0 bridgehead atoms. The van der Waals surface area contributed by atoms with Crippen molar-refractivity contribution < 1.29 is 4.79 Å². The Morgan fingerprint density at radius 3 is 2.71 bits per heavy atom. The number of anilines is 1. The quantitative estimate of drug-likeness (QED) is 0.543. The summed E-state index contributed by atoms with van der Waals surface area (Å²) >= 11 is 10.9. The third-order valence-electron chi connectivity index (χ3n) is 2.18. The summed E-state index contributed by atoms with van der Waals surface area (Å²) in [7, 11) is 0. The van der Waals surface area contributed by atoms with Crippen LogP contribution in [0.1, 0.15) is 18.4 Å². The summed E-state index contributed by atoms with van der Waals surface area (Å²) in [5.41, 5.74) is 12.0. The Hall–Kier alpha value is -1.33. The average Bonchev–Trinajstić information content (AvgIpc) is 2.23. The third kappa shape index (κ3) is 4.20. The van der Waals surface area contributed by atoms with Gasteiger partial charge in [0.25, 0.3) is 0 Å². The van der Waals surface area contributed by atoms with Gasteiger partial charge in [-0.3, -0.25) is 4.79 Å². The molecule has 0 saturated heterocycles. The molecule has 1 rings (SSSR count). The molecule has 1 amide bonds. The average molecular weight is 272 g/mol. The third-order valence-corrected chi connectivity index (χ3v) is 2.69. The molecular formula is C11H14ClN3OS. The lowest BCUT2D eigenvalue weighted by atomic mass is 10.1. The normalized spacial score (nSPS) is 9.94. The summed E-state index contributed by atoms with van der Waals surface area (Å²) in [4.78, 5) is 10.8. The Morgan fingerprint density at radius 2 is 2.12 bits per heavy atom. The number of halogens is 1. The number of primary amides is 1. The van der Waals surface area contributed by atoms with Crippen molar-refractivity contribution >= 4 is 40.4 Å². The molecule has 0 atom stereocenters. The second-order valence-corrected chi connectivity index (χ2v) is 4.37. The van der Waals surface area contributed by atoms with Gasteiger partial charge in [0, 0.05) is 18.7 Å². The second-order valence-electron chi connectivity index (χ2n) is 3.52. The Kier molecular flexibility index (Phi) is 5.18. The van der Waals surface area contributed by atoms with Gasteiger partial charge in [0.05, 0.1) is 10.6 Å². The van der Waals surface area contributed by atoms with Crippen LogP contribution in [0.5, 0.6) is 0 Å². The number of thiocarbonyl (C=S) groups is 1. The molecule has 0 heterocycles. The molecule has 0 fully saturated rings. The summed E-state index contributed by atoms with van der Waals surface area (Å²) in [6.45, 7) is 0.610. The molecule has 0 unspecified atom stereocenters. The molecule has 17 heavy (non-hydrogen) atoms. The van der Waals surface area contributed by atoms with E-state index in [0.717, 1.165) is 5.69 Å². The van der Waals surface area contributed by atoms with Gasteiger partial charge in [-0.25, -0.2) is 0 Å². The van der Waals surface area contributed by atoms with Gasteiger partial charge in [0.15, 0.2) is 0 Å². The van der Waals surface area contributed by atoms with E-state index in [1.807, 2.05) is 6.07 Å². The lowest BCUT2D eigenvalue weighted by Crippen LogP contribution is -2.16. The zero-order valence-corrected chi connectivity index (χ0v) is 10.8. The maximum absolute atomic E-state index is 10.6. The number of benzene rings is 1. The van der Waals surface area contributed by atoms with E-state index in [1.54, 1.807) is 12.1 Å². The van der Waals surface area contributed by atoms with Crippen LogP contribution in [0.3, 0.4) is 0 Å². The van der Waals surface area contributed by atoms with Crippen LogP contribution in [0.25, 0.3) is 0 Å². The first-order chi connectivity index (χ1) is 8.02. The van der Waals surface area contributed by atoms with Crippen LogP contribution in [-0.4, -0.2) is 17.4 Å². The van der Waals surface area contributed by atoms with Crippen LogP contribution in [0, 0.1) is 0 Å². The Morgan fingerprint density at radius 1 is 1.41 bits per heavy atom.